The summed E-state index contributed by atoms with van der Waals surface area (Å²) in [6, 6.07) is 11.5. The average Bonchev–Trinajstić information content (AvgIpc) is 3.37. The summed E-state index contributed by atoms with van der Waals surface area (Å²) in [5, 5.41) is 3.55. The minimum Gasteiger partial charge on any atom is -0.336 e. The van der Waals surface area contributed by atoms with Gasteiger partial charge in [0.2, 0.25) is 0 Å². The molecule has 1 saturated heterocycles. The molecular formula is C20H18BrF3N4OS. The Morgan fingerprint density at radius 3 is 2.30 bits per heavy atom. The molecule has 0 aliphatic carbocycles. The molecule has 30 heavy (non-hydrogen) atoms. The van der Waals surface area contributed by atoms with Crippen molar-refractivity contribution >= 4 is 33.2 Å². The predicted octanol–water partition coefficient (Wildman–Crippen LogP) is 4.67. The highest BCUT2D eigenvalue weighted by atomic mass is 79.9. The van der Waals surface area contributed by atoms with Gasteiger partial charge >= 0.3 is 6.18 Å². The van der Waals surface area contributed by atoms with Crippen molar-refractivity contribution in [2.45, 2.75) is 12.7 Å². The van der Waals surface area contributed by atoms with Crippen molar-refractivity contribution in [2.75, 3.05) is 26.2 Å². The monoisotopic (exact) mass is 498 g/mol. The molecule has 1 aliphatic heterocycles. The van der Waals surface area contributed by atoms with E-state index in [2.05, 4.69) is 32.0 Å². The summed E-state index contributed by atoms with van der Waals surface area (Å²) < 4.78 is 40.4. The van der Waals surface area contributed by atoms with Gasteiger partial charge in [-0.25, -0.2) is 4.68 Å². The van der Waals surface area contributed by atoms with E-state index in [1.807, 2.05) is 11.0 Å². The number of rotatable bonds is 4. The lowest BCUT2D eigenvalue weighted by Crippen LogP contribution is -2.48. The number of halogens is 4. The second kappa shape index (κ2) is 8.52. The molecule has 2 aromatic heterocycles. The molecule has 0 spiro atoms. The van der Waals surface area contributed by atoms with Gasteiger partial charge in [-0.15, -0.1) is 11.3 Å². The summed E-state index contributed by atoms with van der Waals surface area (Å²) in [6.07, 6.45) is -3.23. The van der Waals surface area contributed by atoms with Crippen LogP contribution in [0.3, 0.4) is 0 Å². The topological polar surface area (TPSA) is 41.4 Å². The van der Waals surface area contributed by atoms with Crippen LogP contribution in [-0.4, -0.2) is 51.7 Å². The van der Waals surface area contributed by atoms with Gasteiger partial charge in [-0.1, -0.05) is 0 Å². The molecule has 0 bridgehead atoms. The first kappa shape index (κ1) is 21.1. The third-order valence-electron chi connectivity index (χ3n) is 4.93. The van der Waals surface area contributed by atoms with E-state index in [0.717, 1.165) is 34.2 Å². The Kier molecular flexibility index (Phi) is 5.99. The zero-order valence-electron chi connectivity index (χ0n) is 15.8. The first-order chi connectivity index (χ1) is 14.3. The maximum absolute atomic E-state index is 12.8. The standard InChI is InChI=1S/C20H18BrF3N4OS/c21-18-6-5-16(30-18)13-26-9-11-27(12-10-26)19(29)14-1-3-15(4-2-14)28-8-7-17(25-28)20(22,23)24/h1-8H,9-13H2. The SMILES string of the molecule is O=C(c1ccc(-n2ccc(C(F)(F)F)n2)cc1)N1CCN(Cc2ccc(Br)s2)CC1. The van der Waals surface area contributed by atoms with Gasteiger partial charge in [0.25, 0.3) is 5.91 Å². The fraction of sp³-hybridized carbons (Fsp3) is 0.300. The van der Waals surface area contributed by atoms with Crippen LogP contribution in [0.4, 0.5) is 13.2 Å². The highest BCUT2D eigenvalue weighted by Crippen LogP contribution is 2.28. The number of benzene rings is 1. The minimum atomic E-state index is -4.48. The van der Waals surface area contributed by atoms with Gasteiger partial charge in [0, 0.05) is 49.4 Å². The smallest absolute Gasteiger partial charge is 0.336 e. The molecule has 0 N–H and O–H groups in total. The molecule has 3 aromatic rings. The second-order valence-corrected chi connectivity index (χ2v) is 9.51. The normalized spacial score (nSPS) is 15.5. The molecule has 158 valence electrons. The van der Waals surface area contributed by atoms with Crippen LogP contribution in [0.15, 0.2) is 52.4 Å². The van der Waals surface area contributed by atoms with Gasteiger partial charge in [-0.05, 0) is 58.4 Å². The number of hydrogen-bond donors (Lipinski definition) is 0. The Morgan fingerprint density at radius 2 is 1.73 bits per heavy atom. The molecule has 1 amide bonds. The van der Waals surface area contributed by atoms with E-state index >= 15 is 0 Å². The summed E-state index contributed by atoms with van der Waals surface area (Å²) in [5.74, 6) is -0.0727. The zero-order chi connectivity index (χ0) is 21.3. The number of hydrogen-bond acceptors (Lipinski definition) is 4. The van der Waals surface area contributed by atoms with E-state index in [1.54, 1.807) is 35.6 Å². The fourth-order valence-electron chi connectivity index (χ4n) is 3.32. The van der Waals surface area contributed by atoms with Crippen molar-refractivity contribution in [3.8, 4) is 5.69 Å². The number of piperazine rings is 1. The number of carbonyl (C=O) groups is 1. The van der Waals surface area contributed by atoms with Crippen LogP contribution in [0, 0.1) is 0 Å². The molecule has 3 heterocycles. The quantitative estimate of drug-likeness (QED) is 0.524. The van der Waals surface area contributed by atoms with Crippen molar-refractivity contribution in [1.29, 1.82) is 0 Å². The highest BCUT2D eigenvalue weighted by Gasteiger charge is 2.33. The second-order valence-electron chi connectivity index (χ2n) is 6.96. The van der Waals surface area contributed by atoms with Gasteiger partial charge in [-0.3, -0.25) is 9.69 Å². The molecule has 1 aliphatic rings. The Morgan fingerprint density at radius 1 is 1.03 bits per heavy atom. The van der Waals surface area contributed by atoms with Gasteiger partial charge in [0.1, 0.15) is 0 Å². The summed E-state index contributed by atoms with van der Waals surface area (Å²) in [7, 11) is 0. The molecule has 1 fully saturated rings. The number of carbonyl (C=O) groups excluding carboxylic acids is 1. The zero-order valence-corrected chi connectivity index (χ0v) is 18.2. The van der Waals surface area contributed by atoms with Crippen molar-refractivity contribution in [2.24, 2.45) is 0 Å². The Hall–Kier alpha value is -2.17. The largest absolute Gasteiger partial charge is 0.435 e. The molecule has 4 rings (SSSR count). The summed E-state index contributed by atoms with van der Waals surface area (Å²) in [4.78, 5) is 18.2. The third-order valence-corrected chi connectivity index (χ3v) is 6.53. The molecule has 5 nitrogen and oxygen atoms in total. The average molecular weight is 499 g/mol. The predicted molar refractivity (Wildman–Crippen MR) is 112 cm³/mol. The highest BCUT2D eigenvalue weighted by molar-refractivity contribution is 9.11. The van der Waals surface area contributed by atoms with E-state index in [0.29, 0.717) is 24.3 Å². The third kappa shape index (κ3) is 4.76. The molecule has 0 atom stereocenters. The number of amides is 1. The Balaban J connectivity index is 1.35. The van der Waals surface area contributed by atoms with E-state index in [1.165, 1.54) is 11.1 Å². The van der Waals surface area contributed by atoms with E-state index < -0.39 is 11.9 Å². The van der Waals surface area contributed by atoms with E-state index in [9.17, 15) is 18.0 Å². The number of alkyl halides is 3. The molecule has 10 heteroatoms. The summed E-state index contributed by atoms with van der Waals surface area (Å²) in [5.41, 5.74) is 0.0296. The van der Waals surface area contributed by atoms with Gasteiger partial charge in [0.05, 0.1) is 9.47 Å². The maximum atomic E-state index is 12.8. The van der Waals surface area contributed by atoms with Crippen LogP contribution in [0.2, 0.25) is 0 Å². The van der Waals surface area contributed by atoms with E-state index in [-0.39, 0.29) is 5.91 Å². The van der Waals surface area contributed by atoms with Gasteiger partial charge < -0.3 is 4.90 Å². The minimum absolute atomic E-state index is 0.0727. The number of aromatic nitrogens is 2. The van der Waals surface area contributed by atoms with Crippen molar-refractivity contribution < 1.29 is 18.0 Å². The van der Waals surface area contributed by atoms with Crippen molar-refractivity contribution in [3.05, 3.63) is 68.6 Å². The molecule has 0 radical (unpaired) electrons. The van der Waals surface area contributed by atoms with Gasteiger partial charge in [-0.2, -0.15) is 18.3 Å². The Bertz CT molecular complexity index is 1020. The molecule has 1 aromatic carbocycles. The fourth-order valence-corrected chi connectivity index (χ4v) is 4.85. The van der Waals surface area contributed by atoms with E-state index in [4.69, 9.17) is 0 Å². The summed E-state index contributed by atoms with van der Waals surface area (Å²) >= 11 is 5.19. The lowest BCUT2D eigenvalue weighted by Gasteiger charge is -2.34. The van der Waals surface area contributed by atoms with Gasteiger partial charge in [0.15, 0.2) is 5.69 Å². The summed E-state index contributed by atoms with van der Waals surface area (Å²) in [6.45, 7) is 3.75. The first-order valence-electron chi connectivity index (χ1n) is 9.29. The van der Waals surface area contributed by atoms with Crippen molar-refractivity contribution in [3.63, 3.8) is 0 Å². The molecule has 0 saturated carbocycles. The van der Waals surface area contributed by atoms with Crippen LogP contribution in [0.5, 0.6) is 0 Å². The molecule has 0 unspecified atom stereocenters. The Labute approximate surface area is 183 Å². The lowest BCUT2D eigenvalue weighted by atomic mass is 10.1. The van der Waals surface area contributed by atoms with Crippen LogP contribution in [0.25, 0.3) is 5.69 Å². The first-order valence-corrected chi connectivity index (χ1v) is 10.9. The molecular weight excluding hydrogens is 481 g/mol. The van der Waals surface area contributed by atoms with Crippen LogP contribution in [-0.2, 0) is 12.7 Å². The van der Waals surface area contributed by atoms with Crippen LogP contribution in [0.1, 0.15) is 20.9 Å². The number of thiophene rings is 1. The van der Waals surface area contributed by atoms with Crippen LogP contribution >= 0.6 is 27.3 Å². The van der Waals surface area contributed by atoms with Crippen LogP contribution < -0.4 is 0 Å². The van der Waals surface area contributed by atoms with Crippen molar-refractivity contribution in [1.82, 2.24) is 19.6 Å². The lowest BCUT2D eigenvalue weighted by molar-refractivity contribution is -0.141. The maximum Gasteiger partial charge on any atom is 0.435 e. The number of nitrogens with zero attached hydrogens (tertiary/aromatic N) is 4.